The van der Waals surface area contributed by atoms with Crippen molar-refractivity contribution in [1.82, 2.24) is 15.1 Å². The monoisotopic (exact) mass is 466 g/mol. The molecular weight excluding hydrogens is 448 g/mol. The molecule has 4 aromatic heterocycles. The first-order valence-electron chi connectivity index (χ1n) is 10.1. The largest absolute Gasteiger partial charge is 0.454 e. The van der Waals surface area contributed by atoms with Crippen LogP contribution in [-0.2, 0) is 24.2 Å². The molecule has 0 bridgehead atoms. The van der Waals surface area contributed by atoms with E-state index in [1.54, 1.807) is 18.3 Å². The van der Waals surface area contributed by atoms with E-state index in [-0.39, 0.29) is 18.3 Å². The molecule has 0 unspecified atom stereocenters. The lowest BCUT2D eigenvalue weighted by atomic mass is 9.95. The molecule has 5 rings (SSSR count). The normalized spacial score (nSPS) is 12.9. The number of hydrogen-bond donors (Lipinski definition) is 1. The van der Waals surface area contributed by atoms with Crippen molar-refractivity contribution in [2.75, 3.05) is 5.32 Å². The second-order valence-electron chi connectivity index (χ2n) is 7.21. The highest BCUT2D eigenvalue weighted by Gasteiger charge is 2.28. The Kier molecular flexibility index (Phi) is 5.78. The van der Waals surface area contributed by atoms with E-state index >= 15 is 0 Å². The number of aryl methyl sites for hydroxylation is 1. The molecule has 0 aromatic carbocycles. The Morgan fingerprint density at radius 2 is 2.12 bits per heavy atom. The molecule has 1 aliphatic rings. The van der Waals surface area contributed by atoms with Crippen molar-refractivity contribution >= 4 is 39.6 Å². The fourth-order valence-corrected chi connectivity index (χ4v) is 5.46. The molecule has 0 saturated carbocycles. The van der Waals surface area contributed by atoms with Gasteiger partial charge in [0.05, 0.1) is 16.7 Å². The second-order valence-corrected chi connectivity index (χ2v) is 9.10. The third-order valence-corrected chi connectivity index (χ3v) is 6.99. The van der Waals surface area contributed by atoms with Crippen LogP contribution >= 0.6 is 22.7 Å². The van der Waals surface area contributed by atoms with Gasteiger partial charge in [-0.15, -0.1) is 11.3 Å². The van der Waals surface area contributed by atoms with Gasteiger partial charge in [-0.2, -0.15) is 16.3 Å². The van der Waals surface area contributed by atoms with Gasteiger partial charge in [-0.3, -0.25) is 9.78 Å². The van der Waals surface area contributed by atoms with Crippen LogP contribution in [-0.4, -0.2) is 27.0 Å². The van der Waals surface area contributed by atoms with E-state index in [1.807, 2.05) is 16.8 Å². The molecule has 4 heterocycles. The molecule has 1 aliphatic carbocycles. The molecule has 0 fully saturated rings. The number of aromatic nitrogens is 3. The summed E-state index contributed by atoms with van der Waals surface area (Å²) in [7, 11) is 0. The van der Waals surface area contributed by atoms with E-state index in [9.17, 15) is 9.59 Å². The van der Waals surface area contributed by atoms with Gasteiger partial charge in [0.15, 0.2) is 6.61 Å². The average Bonchev–Trinajstić information content (AvgIpc) is 3.57. The van der Waals surface area contributed by atoms with Gasteiger partial charge in [-0.1, -0.05) is 5.16 Å². The Hall–Kier alpha value is -3.37. The van der Waals surface area contributed by atoms with Crippen LogP contribution < -0.4 is 5.32 Å². The number of amides is 1. The Morgan fingerprint density at radius 1 is 1.22 bits per heavy atom. The number of pyridine rings is 1. The zero-order chi connectivity index (χ0) is 21.9. The quantitative estimate of drug-likeness (QED) is 0.409. The standard InChI is InChI=1S/C22H18N4O4S2/c27-19(13-4-3-8-23-10-13)25-21-18(15-5-1-2-6-16(15)32-21)22(28)29-11-17-24-20(30-26-17)14-7-9-31-12-14/h3-4,7-10,12H,1-2,5-6,11H2,(H,25,27). The van der Waals surface area contributed by atoms with Gasteiger partial charge in [0.1, 0.15) is 5.00 Å². The lowest BCUT2D eigenvalue weighted by molar-refractivity contribution is 0.0460. The van der Waals surface area contributed by atoms with Gasteiger partial charge >= 0.3 is 5.97 Å². The van der Waals surface area contributed by atoms with Gasteiger partial charge in [0, 0.05) is 22.7 Å². The van der Waals surface area contributed by atoms with E-state index in [2.05, 4.69) is 20.4 Å². The van der Waals surface area contributed by atoms with E-state index in [0.717, 1.165) is 41.7 Å². The summed E-state index contributed by atoms with van der Waals surface area (Å²) >= 11 is 2.96. The number of carbonyl (C=O) groups is 2. The maximum Gasteiger partial charge on any atom is 0.341 e. The van der Waals surface area contributed by atoms with Crippen molar-refractivity contribution in [3.05, 3.63) is 68.7 Å². The van der Waals surface area contributed by atoms with Crippen LogP contribution in [0.25, 0.3) is 11.5 Å². The van der Waals surface area contributed by atoms with Crippen LogP contribution in [0.2, 0.25) is 0 Å². The van der Waals surface area contributed by atoms with Gasteiger partial charge in [0.2, 0.25) is 5.82 Å². The van der Waals surface area contributed by atoms with Crippen molar-refractivity contribution in [2.45, 2.75) is 32.3 Å². The molecule has 162 valence electrons. The highest BCUT2D eigenvalue weighted by molar-refractivity contribution is 7.17. The number of esters is 1. The van der Waals surface area contributed by atoms with Crippen LogP contribution in [0.3, 0.4) is 0 Å². The third-order valence-electron chi connectivity index (χ3n) is 5.09. The second kappa shape index (κ2) is 9.01. The van der Waals surface area contributed by atoms with Crippen molar-refractivity contribution in [3.8, 4) is 11.5 Å². The van der Waals surface area contributed by atoms with Crippen LogP contribution in [0.1, 0.15) is 49.8 Å². The minimum absolute atomic E-state index is 0.118. The molecule has 10 heteroatoms. The number of rotatable bonds is 6. The summed E-state index contributed by atoms with van der Waals surface area (Å²) in [6.45, 7) is -0.118. The number of hydrogen-bond acceptors (Lipinski definition) is 9. The summed E-state index contributed by atoms with van der Waals surface area (Å²) in [4.78, 5) is 35.1. The zero-order valence-electron chi connectivity index (χ0n) is 16.9. The first-order chi connectivity index (χ1) is 15.7. The molecule has 8 nitrogen and oxygen atoms in total. The average molecular weight is 467 g/mol. The van der Waals surface area contributed by atoms with Crippen molar-refractivity contribution in [3.63, 3.8) is 0 Å². The topological polar surface area (TPSA) is 107 Å². The number of nitrogens with zero attached hydrogens (tertiary/aromatic N) is 3. The third kappa shape index (κ3) is 4.19. The highest BCUT2D eigenvalue weighted by Crippen LogP contribution is 2.39. The van der Waals surface area contributed by atoms with Crippen molar-refractivity contribution in [1.29, 1.82) is 0 Å². The predicted octanol–water partition coefficient (Wildman–Crippen LogP) is 4.74. The SMILES string of the molecule is O=C(Nc1sc2c(c1C(=O)OCc1noc(-c3ccsc3)n1)CCCC2)c1cccnc1. The fraction of sp³-hybridized carbons (Fsp3) is 0.227. The molecule has 1 N–H and O–H groups in total. The number of fused-ring (bicyclic) bond motifs is 1. The van der Waals surface area contributed by atoms with Gasteiger partial charge in [0.25, 0.3) is 11.8 Å². The Morgan fingerprint density at radius 3 is 2.94 bits per heavy atom. The Labute approximate surface area is 191 Å². The molecule has 0 aliphatic heterocycles. The molecular formula is C22H18N4O4S2. The minimum Gasteiger partial charge on any atom is -0.454 e. The Bertz CT molecular complexity index is 1250. The van der Waals surface area contributed by atoms with Gasteiger partial charge in [-0.25, -0.2) is 4.79 Å². The smallest absolute Gasteiger partial charge is 0.341 e. The number of thiophene rings is 2. The summed E-state index contributed by atoms with van der Waals surface area (Å²) in [5.41, 5.74) is 2.63. The van der Waals surface area contributed by atoms with E-state index in [0.29, 0.717) is 22.0 Å². The van der Waals surface area contributed by atoms with E-state index < -0.39 is 5.97 Å². The molecule has 0 saturated heterocycles. The van der Waals surface area contributed by atoms with Crippen molar-refractivity contribution in [2.24, 2.45) is 0 Å². The van der Waals surface area contributed by atoms with Crippen molar-refractivity contribution < 1.29 is 18.8 Å². The predicted molar refractivity (Wildman–Crippen MR) is 120 cm³/mol. The van der Waals surface area contributed by atoms with E-state index in [1.165, 1.54) is 28.9 Å². The molecule has 32 heavy (non-hydrogen) atoms. The minimum atomic E-state index is -0.507. The molecule has 0 radical (unpaired) electrons. The van der Waals surface area contributed by atoms with E-state index in [4.69, 9.17) is 9.26 Å². The number of carbonyl (C=O) groups excluding carboxylic acids is 2. The fourth-order valence-electron chi connectivity index (χ4n) is 3.56. The van der Waals surface area contributed by atoms with Crippen LogP contribution in [0, 0.1) is 0 Å². The summed E-state index contributed by atoms with van der Waals surface area (Å²) < 4.78 is 10.8. The Balaban J connectivity index is 1.35. The van der Waals surface area contributed by atoms with Crippen LogP contribution in [0.5, 0.6) is 0 Å². The lowest BCUT2D eigenvalue weighted by Crippen LogP contribution is -2.16. The maximum atomic E-state index is 13.1. The highest BCUT2D eigenvalue weighted by atomic mass is 32.1. The summed E-state index contributed by atoms with van der Waals surface area (Å²) in [6, 6.07) is 5.25. The maximum absolute atomic E-state index is 13.1. The van der Waals surface area contributed by atoms with Crippen LogP contribution in [0.4, 0.5) is 5.00 Å². The summed E-state index contributed by atoms with van der Waals surface area (Å²) in [5, 5.41) is 11.1. The summed E-state index contributed by atoms with van der Waals surface area (Å²) in [5.74, 6) is -0.156. The molecule has 1 amide bonds. The molecule has 0 atom stereocenters. The first-order valence-corrected chi connectivity index (χ1v) is 11.8. The number of anilines is 1. The zero-order valence-corrected chi connectivity index (χ0v) is 18.5. The van der Waals surface area contributed by atoms with Gasteiger partial charge < -0.3 is 14.6 Å². The number of nitrogens with one attached hydrogen (secondary N) is 1. The first kappa shape index (κ1) is 20.5. The van der Waals surface area contributed by atoms with Gasteiger partial charge in [-0.05, 0) is 54.8 Å². The molecule has 4 aromatic rings. The number of ether oxygens (including phenoxy) is 1. The lowest BCUT2D eigenvalue weighted by Gasteiger charge is -2.12. The molecule has 0 spiro atoms. The van der Waals surface area contributed by atoms with Crippen LogP contribution in [0.15, 0.2) is 45.9 Å². The summed E-state index contributed by atoms with van der Waals surface area (Å²) in [6.07, 6.45) is 6.82.